The Bertz CT molecular complexity index is 718. The molecule has 98 valence electrons. The molecule has 0 saturated heterocycles. The van der Waals surface area contributed by atoms with Gasteiger partial charge in [0.25, 0.3) is 0 Å². The van der Waals surface area contributed by atoms with Crippen LogP contribution in [0.15, 0.2) is 66.9 Å². The van der Waals surface area contributed by atoms with Gasteiger partial charge in [0.1, 0.15) is 5.75 Å². The van der Waals surface area contributed by atoms with Crippen LogP contribution in [0.25, 0.3) is 22.4 Å². The zero-order valence-corrected chi connectivity index (χ0v) is 11.2. The highest BCUT2D eigenvalue weighted by Gasteiger charge is 2.05. The smallest absolute Gasteiger partial charge is 0.116 e. The largest absolute Gasteiger partial charge is 0.508 e. The maximum Gasteiger partial charge on any atom is 0.116 e. The maximum atomic E-state index is 9.94. The van der Waals surface area contributed by atoms with Crippen LogP contribution in [0.3, 0.4) is 0 Å². The van der Waals surface area contributed by atoms with Crippen molar-refractivity contribution in [3.8, 4) is 28.1 Å². The van der Waals surface area contributed by atoms with Crippen LogP contribution in [0.2, 0.25) is 0 Å². The zero-order chi connectivity index (χ0) is 13.9. The normalized spacial score (nSPS) is 10.4. The molecule has 3 aromatic rings. The highest BCUT2D eigenvalue weighted by atomic mass is 16.3. The number of phenols is 1. The molecule has 0 unspecified atom stereocenters. The molecule has 0 radical (unpaired) electrons. The first kappa shape index (κ1) is 12.4. The van der Waals surface area contributed by atoms with Crippen LogP contribution in [-0.4, -0.2) is 10.1 Å². The van der Waals surface area contributed by atoms with Crippen molar-refractivity contribution in [2.24, 2.45) is 0 Å². The van der Waals surface area contributed by atoms with Crippen molar-refractivity contribution < 1.29 is 5.11 Å². The first-order valence-corrected chi connectivity index (χ1v) is 6.55. The van der Waals surface area contributed by atoms with Gasteiger partial charge in [0.15, 0.2) is 0 Å². The van der Waals surface area contributed by atoms with Gasteiger partial charge in [0, 0.05) is 11.8 Å². The summed E-state index contributed by atoms with van der Waals surface area (Å²) in [6.45, 7) is 2.06. The van der Waals surface area contributed by atoms with E-state index in [9.17, 15) is 5.11 Å². The van der Waals surface area contributed by atoms with E-state index in [0.29, 0.717) is 0 Å². The number of aromatic hydroxyl groups is 1. The summed E-state index contributed by atoms with van der Waals surface area (Å²) < 4.78 is 0. The third-order valence-electron chi connectivity index (χ3n) is 3.26. The molecule has 1 aromatic heterocycles. The fourth-order valence-corrected chi connectivity index (χ4v) is 2.21. The van der Waals surface area contributed by atoms with Gasteiger partial charge in [-0.15, -0.1) is 0 Å². The third kappa shape index (κ3) is 2.54. The topological polar surface area (TPSA) is 33.1 Å². The Labute approximate surface area is 118 Å². The Hall–Kier alpha value is -2.61. The molecule has 0 aliphatic carbocycles. The molecule has 0 saturated carbocycles. The summed E-state index contributed by atoms with van der Waals surface area (Å²) >= 11 is 0. The lowest BCUT2D eigenvalue weighted by Crippen LogP contribution is -1.85. The van der Waals surface area contributed by atoms with Crippen LogP contribution in [-0.2, 0) is 0 Å². The second-order valence-corrected chi connectivity index (χ2v) is 4.85. The SMILES string of the molecule is Cc1ccc(-c2cc(O)cc(-c3ccccn3)c2)cc1. The van der Waals surface area contributed by atoms with Gasteiger partial charge in [-0.05, 0) is 48.4 Å². The van der Waals surface area contributed by atoms with Crippen molar-refractivity contribution in [2.45, 2.75) is 6.92 Å². The number of hydrogen-bond donors (Lipinski definition) is 1. The lowest BCUT2D eigenvalue weighted by atomic mass is 10.00. The standard InChI is InChI=1S/C18H15NO/c1-13-5-7-14(8-6-13)15-10-16(12-17(20)11-15)18-4-2-3-9-19-18/h2-12,20H,1H3. The summed E-state index contributed by atoms with van der Waals surface area (Å²) in [5, 5.41) is 9.94. The molecule has 0 bridgehead atoms. The molecule has 0 fully saturated rings. The number of aryl methyl sites for hydroxylation is 1. The van der Waals surface area contributed by atoms with E-state index in [1.807, 2.05) is 24.3 Å². The highest BCUT2D eigenvalue weighted by Crippen LogP contribution is 2.30. The van der Waals surface area contributed by atoms with Gasteiger partial charge in [-0.2, -0.15) is 0 Å². The van der Waals surface area contributed by atoms with Gasteiger partial charge < -0.3 is 5.11 Å². The number of rotatable bonds is 2. The van der Waals surface area contributed by atoms with Crippen LogP contribution in [0.5, 0.6) is 5.75 Å². The molecule has 1 N–H and O–H groups in total. The predicted molar refractivity (Wildman–Crippen MR) is 81.5 cm³/mol. The molecule has 2 heteroatoms. The number of aromatic nitrogens is 1. The molecular formula is C18H15NO. The van der Waals surface area contributed by atoms with E-state index in [1.165, 1.54) is 5.56 Å². The first-order chi connectivity index (χ1) is 9.72. The molecule has 2 nitrogen and oxygen atoms in total. The molecule has 20 heavy (non-hydrogen) atoms. The van der Waals surface area contributed by atoms with E-state index in [-0.39, 0.29) is 5.75 Å². The van der Waals surface area contributed by atoms with Crippen LogP contribution >= 0.6 is 0 Å². The van der Waals surface area contributed by atoms with Crippen molar-refractivity contribution in [3.63, 3.8) is 0 Å². The fourth-order valence-electron chi connectivity index (χ4n) is 2.21. The van der Waals surface area contributed by atoms with E-state index in [4.69, 9.17) is 0 Å². The predicted octanol–water partition coefficient (Wildman–Crippen LogP) is 4.43. The Kier molecular flexibility index (Phi) is 3.21. The molecule has 0 amide bonds. The summed E-state index contributed by atoms with van der Waals surface area (Å²) in [4.78, 5) is 4.33. The molecule has 0 atom stereocenters. The monoisotopic (exact) mass is 261 g/mol. The summed E-state index contributed by atoms with van der Waals surface area (Å²) in [6, 6.07) is 19.6. The minimum atomic E-state index is 0.253. The molecular weight excluding hydrogens is 246 g/mol. The third-order valence-corrected chi connectivity index (χ3v) is 3.26. The van der Waals surface area contributed by atoms with Crippen LogP contribution < -0.4 is 0 Å². The van der Waals surface area contributed by atoms with E-state index < -0.39 is 0 Å². The van der Waals surface area contributed by atoms with Crippen molar-refractivity contribution in [3.05, 3.63) is 72.4 Å². The second kappa shape index (κ2) is 5.17. The molecule has 1 heterocycles. The number of pyridine rings is 1. The first-order valence-electron chi connectivity index (χ1n) is 6.55. The Morgan fingerprint density at radius 1 is 0.800 bits per heavy atom. The van der Waals surface area contributed by atoms with Gasteiger partial charge in [-0.3, -0.25) is 4.98 Å². The number of hydrogen-bond acceptors (Lipinski definition) is 2. The van der Waals surface area contributed by atoms with E-state index >= 15 is 0 Å². The summed E-state index contributed by atoms with van der Waals surface area (Å²) in [6.07, 6.45) is 1.75. The van der Waals surface area contributed by atoms with E-state index in [1.54, 1.807) is 18.3 Å². The maximum absolute atomic E-state index is 9.94. The van der Waals surface area contributed by atoms with E-state index in [2.05, 4.69) is 36.2 Å². The summed E-state index contributed by atoms with van der Waals surface area (Å²) in [5.41, 5.74) is 5.08. The highest BCUT2D eigenvalue weighted by molar-refractivity contribution is 5.73. The van der Waals surface area contributed by atoms with Crippen LogP contribution in [0.4, 0.5) is 0 Å². The lowest BCUT2D eigenvalue weighted by Gasteiger charge is -2.07. The number of nitrogens with zero attached hydrogens (tertiary/aromatic N) is 1. The molecule has 0 aliphatic heterocycles. The van der Waals surface area contributed by atoms with Gasteiger partial charge >= 0.3 is 0 Å². The average molecular weight is 261 g/mol. The lowest BCUT2D eigenvalue weighted by molar-refractivity contribution is 0.476. The zero-order valence-electron chi connectivity index (χ0n) is 11.2. The molecule has 3 rings (SSSR count). The summed E-state index contributed by atoms with van der Waals surface area (Å²) in [5.74, 6) is 0.253. The van der Waals surface area contributed by atoms with Crippen LogP contribution in [0, 0.1) is 6.92 Å². The van der Waals surface area contributed by atoms with Gasteiger partial charge in [-0.25, -0.2) is 0 Å². The Balaban J connectivity index is 2.09. The number of phenolic OH excluding ortho intramolecular Hbond substituents is 1. The van der Waals surface area contributed by atoms with Gasteiger partial charge in [0.2, 0.25) is 0 Å². The van der Waals surface area contributed by atoms with Crippen molar-refractivity contribution in [1.29, 1.82) is 0 Å². The molecule has 2 aromatic carbocycles. The fraction of sp³-hybridized carbons (Fsp3) is 0.0556. The van der Waals surface area contributed by atoms with Crippen molar-refractivity contribution in [1.82, 2.24) is 4.98 Å². The summed E-state index contributed by atoms with van der Waals surface area (Å²) in [7, 11) is 0. The second-order valence-electron chi connectivity index (χ2n) is 4.85. The molecule has 0 aliphatic rings. The minimum Gasteiger partial charge on any atom is -0.508 e. The quantitative estimate of drug-likeness (QED) is 0.740. The molecule has 0 spiro atoms. The Morgan fingerprint density at radius 3 is 2.25 bits per heavy atom. The Morgan fingerprint density at radius 2 is 1.55 bits per heavy atom. The average Bonchev–Trinajstić information content (AvgIpc) is 2.48. The van der Waals surface area contributed by atoms with Gasteiger partial charge in [0.05, 0.1) is 5.69 Å². The van der Waals surface area contributed by atoms with Gasteiger partial charge in [-0.1, -0.05) is 35.9 Å². The van der Waals surface area contributed by atoms with Crippen molar-refractivity contribution >= 4 is 0 Å². The van der Waals surface area contributed by atoms with Crippen LogP contribution in [0.1, 0.15) is 5.56 Å². The number of benzene rings is 2. The van der Waals surface area contributed by atoms with Crippen molar-refractivity contribution in [2.75, 3.05) is 0 Å². The van der Waals surface area contributed by atoms with E-state index in [0.717, 1.165) is 22.4 Å². The minimum absolute atomic E-state index is 0.253.